The topological polar surface area (TPSA) is 35.4 Å². The Morgan fingerprint density at radius 3 is 2.37 bits per heavy atom. The van der Waals surface area contributed by atoms with Crippen LogP contribution in [-0.2, 0) is 17.5 Å². The number of benzene rings is 1. The molecule has 0 heterocycles. The first kappa shape index (κ1) is 16.0. The molecule has 1 atom stereocenters. The molecule has 0 bridgehead atoms. The minimum atomic E-state index is -4.39. The predicted molar refractivity (Wildman–Crippen MR) is 71.7 cm³/mol. The zero-order valence-electron chi connectivity index (χ0n) is 11.2. The van der Waals surface area contributed by atoms with E-state index in [1.807, 2.05) is 0 Å². The molecule has 0 aromatic heterocycles. The second-order valence-corrected chi connectivity index (χ2v) is 6.16. The molecule has 0 aliphatic heterocycles. The van der Waals surface area contributed by atoms with Crippen LogP contribution in [-0.4, -0.2) is 15.5 Å². The maximum Gasteiger partial charge on any atom is 0.416 e. The van der Waals surface area contributed by atoms with E-state index in [1.54, 1.807) is 26.8 Å². The van der Waals surface area contributed by atoms with Crippen LogP contribution in [0.15, 0.2) is 22.6 Å². The molecular formula is C13H16F3NOS. The highest BCUT2D eigenvalue weighted by Crippen LogP contribution is 2.33. The van der Waals surface area contributed by atoms with E-state index in [1.165, 1.54) is 13.0 Å². The lowest BCUT2D eigenvalue weighted by molar-refractivity contribution is -0.138. The van der Waals surface area contributed by atoms with Crippen LogP contribution in [0.3, 0.4) is 0 Å². The fourth-order valence-corrected chi connectivity index (χ4v) is 2.20. The van der Waals surface area contributed by atoms with Crippen molar-refractivity contribution in [3.8, 4) is 0 Å². The van der Waals surface area contributed by atoms with Gasteiger partial charge in [-0.15, -0.1) is 0 Å². The summed E-state index contributed by atoms with van der Waals surface area (Å²) in [5.74, 6) is 0. The number of nitrogens with zero attached hydrogens (tertiary/aromatic N) is 1. The molecule has 19 heavy (non-hydrogen) atoms. The summed E-state index contributed by atoms with van der Waals surface area (Å²) in [5.41, 5.74) is 0.159. The molecule has 1 aromatic rings. The molecule has 0 amide bonds. The average Bonchev–Trinajstić information content (AvgIpc) is 2.27. The van der Waals surface area contributed by atoms with E-state index in [0.717, 1.165) is 6.07 Å². The summed E-state index contributed by atoms with van der Waals surface area (Å²) in [6, 6.07) is 3.93. The zero-order valence-corrected chi connectivity index (χ0v) is 12.0. The van der Waals surface area contributed by atoms with Gasteiger partial charge in [-0.3, -0.25) is 0 Å². The predicted octanol–water partition coefficient (Wildman–Crippen LogP) is 3.89. The highest BCUT2D eigenvalue weighted by atomic mass is 32.2. The van der Waals surface area contributed by atoms with Crippen LogP contribution in [0, 0.1) is 6.92 Å². The largest absolute Gasteiger partial charge is 0.591 e. The minimum absolute atomic E-state index is 0.108. The van der Waals surface area contributed by atoms with E-state index in [0.29, 0.717) is 11.3 Å². The van der Waals surface area contributed by atoms with Gasteiger partial charge in [0.15, 0.2) is 0 Å². The molecule has 6 heteroatoms. The van der Waals surface area contributed by atoms with E-state index in [9.17, 15) is 17.7 Å². The van der Waals surface area contributed by atoms with Gasteiger partial charge in [0.05, 0.1) is 22.6 Å². The van der Waals surface area contributed by atoms with Gasteiger partial charge >= 0.3 is 6.18 Å². The number of hydrogen-bond acceptors (Lipinski definition) is 2. The van der Waals surface area contributed by atoms with Crippen molar-refractivity contribution in [2.75, 3.05) is 0 Å². The van der Waals surface area contributed by atoms with Crippen molar-refractivity contribution >= 4 is 17.1 Å². The first-order valence-electron chi connectivity index (χ1n) is 5.77. The van der Waals surface area contributed by atoms with Crippen molar-refractivity contribution in [3.05, 3.63) is 34.9 Å². The quantitative estimate of drug-likeness (QED) is 0.614. The molecule has 2 nitrogen and oxygen atoms in total. The second kappa shape index (κ2) is 5.96. The molecule has 1 unspecified atom stereocenters. The van der Waals surface area contributed by atoms with Crippen LogP contribution in [0.4, 0.5) is 13.2 Å². The molecule has 0 aliphatic rings. The molecule has 0 N–H and O–H groups in total. The smallest absolute Gasteiger partial charge is 0.416 e. The van der Waals surface area contributed by atoms with Gasteiger partial charge in [0.1, 0.15) is 5.25 Å². The van der Waals surface area contributed by atoms with Gasteiger partial charge in [-0.05, 0) is 39.3 Å². The van der Waals surface area contributed by atoms with Crippen molar-refractivity contribution in [1.29, 1.82) is 0 Å². The second-order valence-electron chi connectivity index (χ2n) is 4.48. The Morgan fingerprint density at radius 2 is 1.89 bits per heavy atom. The normalized spacial score (nSPS) is 14.9. The Balaban J connectivity index is 3.23. The highest BCUT2D eigenvalue weighted by Gasteiger charge is 2.33. The molecule has 106 valence electrons. The van der Waals surface area contributed by atoms with Crippen molar-refractivity contribution in [2.45, 2.75) is 39.1 Å². The van der Waals surface area contributed by atoms with Crippen molar-refractivity contribution in [1.82, 2.24) is 0 Å². The molecular weight excluding hydrogens is 275 g/mol. The van der Waals surface area contributed by atoms with Crippen molar-refractivity contribution in [3.63, 3.8) is 0 Å². The molecule has 1 rings (SSSR count). The highest BCUT2D eigenvalue weighted by molar-refractivity contribution is 7.90. The third-order valence-electron chi connectivity index (χ3n) is 2.66. The zero-order chi connectivity index (χ0) is 14.8. The number of hydrogen-bond donors (Lipinski definition) is 0. The molecule has 0 radical (unpaired) electrons. The summed E-state index contributed by atoms with van der Waals surface area (Å²) in [6.07, 6.45) is -4.39. The first-order valence-corrected chi connectivity index (χ1v) is 6.94. The summed E-state index contributed by atoms with van der Waals surface area (Å²) in [5, 5.41) is -0.166. The Bertz CT molecular complexity index is 483. The number of halogens is 3. The summed E-state index contributed by atoms with van der Waals surface area (Å²) in [4.78, 5) is 0. The van der Waals surface area contributed by atoms with Gasteiger partial charge in [0, 0.05) is 5.56 Å². The Hall–Kier alpha value is -1.01. The third kappa shape index (κ3) is 3.98. The van der Waals surface area contributed by atoms with Gasteiger partial charge < -0.3 is 4.55 Å². The van der Waals surface area contributed by atoms with Crippen LogP contribution < -0.4 is 0 Å². The van der Waals surface area contributed by atoms with E-state index in [-0.39, 0.29) is 10.8 Å². The first-order chi connectivity index (χ1) is 8.64. The number of alkyl halides is 3. The summed E-state index contributed by atoms with van der Waals surface area (Å²) >= 11 is -1.43. The Kier molecular flexibility index (Phi) is 5.04. The lowest BCUT2D eigenvalue weighted by Gasteiger charge is -2.14. The van der Waals surface area contributed by atoms with Crippen molar-refractivity contribution in [2.24, 2.45) is 4.40 Å². The van der Waals surface area contributed by atoms with E-state index < -0.39 is 23.1 Å². The maximum absolute atomic E-state index is 12.8. The van der Waals surface area contributed by atoms with Gasteiger partial charge in [0.2, 0.25) is 0 Å². The molecule has 0 saturated carbocycles. The Morgan fingerprint density at radius 1 is 1.32 bits per heavy atom. The SMILES string of the molecule is C/C(=N/[S+]([O-])C(C)C)c1cccc(C(F)(F)F)c1C. The van der Waals surface area contributed by atoms with Gasteiger partial charge in [0.25, 0.3) is 0 Å². The van der Waals surface area contributed by atoms with Crippen LogP contribution in [0.5, 0.6) is 0 Å². The van der Waals surface area contributed by atoms with E-state index in [4.69, 9.17) is 0 Å². The van der Waals surface area contributed by atoms with Crippen LogP contribution in [0.25, 0.3) is 0 Å². The molecule has 1 aromatic carbocycles. The fraction of sp³-hybridized carbons (Fsp3) is 0.462. The maximum atomic E-state index is 12.8. The van der Waals surface area contributed by atoms with E-state index in [2.05, 4.69) is 4.40 Å². The lowest BCUT2D eigenvalue weighted by atomic mass is 9.99. The van der Waals surface area contributed by atoms with Gasteiger partial charge in [-0.1, -0.05) is 16.5 Å². The molecule has 0 saturated heterocycles. The molecule has 0 aliphatic carbocycles. The monoisotopic (exact) mass is 291 g/mol. The lowest BCUT2D eigenvalue weighted by Crippen LogP contribution is -2.15. The summed E-state index contributed by atoms with van der Waals surface area (Å²) in [7, 11) is 0. The molecule has 0 spiro atoms. The van der Waals surface area contributed by atoms with Crippen molar-refractivity contribution < 1.29 is 17.7 Å². The standard InChI is InChI=1S/C13H16F3NOS/c1-8(2)19(18)17-10(4)11-6-5-7-12(9(11)3)13(14,15)16/h5-8H,1-4H3/b17-10-. The Labute approximate surface area is 114 Å². The summed E-state index contributed by atoms with van der Waals surface area (Å²) < 4.78 is 53.9. The third-order valence-corrected chi connectivity index (χ3v) is 3.92. The van der Waals surface area contributed by atoms with Crippen LogP contribution in [0.2, 0.25) is 0 Å². The van der Waals surface area contributed by atoms with Gasteiger partial charge in [-0.2, -0.15) is 13.2 Å². The summed E-state index contributed by atoms with van der Waals surface area (Å²) in [6.45, 7) is 6.45. The average molecular weight is 291 g/mol. The molecule has 0 fully saturated rings. The minimum Gasteiger partial charge on any atom is -0.591 e. The van der Waals surface area contributed by atoms with Gasteiger partial charge in [-0.25, -0.2) is 0 Å². The van der Waals surface area contributed by atoms with E-state index >= 15 is 0 Å². The fourth-order valence-electron chi connectivity index (χ4n) is 1.62. The number of rotatable bonds is 3. The van der Waals surface area contributed by atoms with Crippen LogP contribution in [0.1, 0.15) is 37.5 Å². The van der Waals surface area contributed by atoms with Crippen LogP contribution >= 0.6 is 0 Å².